The maximum absolute atomic E-state index is 5.36. The minimum absolute atomic E-state index is 0.411. The third-order valence-electron chi connectivity index (χ3n) is 2.23. The second-order valence-electron chi connectivity index (χ2n) is 3.34. The van der Waals surface area contributed by atoms with Gasteiger partial charge in [0.1, 0.15) is 0 Å². The van der Waals surface area contributed by atoms with Crippen LogP contribution in [0.1, 0.15) is 30.0 Å². The summed E-state index contributed by atoms with van der Waals surface area (Å²) in [7, 11) is 0. The molecule has 0 aromatic heterocycles. The zero-order valence-electron chi connectivity index (χ0n) is 9.38. The van der Waals surface area contributed by atoms with Gasteiger partial charge in [0.25, 0.3) is 0 Å². The zero-order chi connectivity index (χ0) is 11.1. The maximum Gasteiger partial charge on any atom is 0.0555 e. The first kappa shape index (κ1) is 11.6. The standard InChI is InChI=1S/C14H17N/c1-3-4-7-13-8-5-9-14(12(13)2)10-6-11-15/h4-5,7-9H,3,11,15H2,1-2H3/b7-4-. The molecule has 1 aromatic carbocycles. The molecule has 1 heteroatoms. The molecule has 0 saturated heterocycles. The summed E-state index contributed by atoms with van der Waals surface area (Å²) in [5, 5.41) is 0. The van der Waals surface area contributed by atoms with Gasteiger partial charge in [0.05, 0.1) is 6.54 Å². The Hall–Kier alpha value is -1.52. The quantitative estimate of drug-likeness (QED) is 0.728. The molecule has 0 aliphatic rings. The number of hydrogen-bond acceptors (Lipinski definition) is 1. The lowest BCUT2D eigenvalue weighted by atomic mass is 10.0. The van der Waals surface area contributed by atoms with Gasteiger partial charge in [-0.2, -0.15) is 0 Å². The number of hydrogen-bond donors (Lipinski definition) is 1. The summed E-state index contributed by atoms with van der Waals surface area (Å²) < 4.78 is 0. The van der Waals surface area contributed by atoms with Crippen molar-refractivity contribution >= 4 is 6.08 Å². The van der Waals surface area contributed by atoms with Crippen LogP contribution in [0.2, 0.25) is 0 Å². The molecule has 0 aliphatic carbocycles. The van der Waals surface area contributed by atoms with Gasteiger partial charge in [-0.25, -0.2) is 0 Å². The Balaban J connectivity index is 3.05. The van der Waals surface area contributed by atoms with Crippen LogP contribution in [-0.2, 0) is 0 Å². The van der Waals surface area contributed by atoms with Crippen LogP contribution in [-0.4, -0.2) is 6.54 Å². The van der Waals surface area contributed by atoms with Crippen molar-refractivity contribution in [2.75, 3.05) is 6.54 Å². The van der Waals surface area contributed by atoms with Gasteiger partial charge in [-0.05, 0) is 30.5 Å². The molecule has 0 bridgehead atoms. The largest absolute Gasteiger partial charge is 0.320 e. The zero-order valence-corrected chi connectivity index (χ0v) is 9.38. The third-order valence-corrected chi connectivity index (χ3v) is 2.23. The Morgan fingerprint density at radius 3 is 2.87 bits per heavy atom. The molecule has 78 valence electrons. The molecule has 0 amide bonds. The second-order valence-corrected chi connectivity index (χ2v) is 3.34. The lowest BCUT2D eigenvalue weighted by Gasteiger charge is -2.02. The van der Waals surface area contributed by atoms with E-state index in [4.69, 9.17) is 5.73 Å². The van der Waals surface area contributed by atoms with Crippen molar-refractivity contribution in [1.29, 1.82) is 0 Å². The van der Waals surface area contributed by atoms with Gasteiger partial charge in [-0.3, -0.25) is 0 Å². The molecule has 0 radical (unpaired) electrons. The van der Waals surface area contributed by atoms with Crippen LogP contribution >= 0.6 is 0 Å². The number of rotatable bonds is 2. The van der Waals surface area contributed by atoms with Gasteiger partial charge in [-0.1, -0.05) is 43.0 Å². The first-order chi connectivity index (χ1) is 7.29. The highest BCUT2D eigenvalue weighted by atomic mass is 14.5. The van der Waals surface area contributed by atoms with Crippen molar-refractivity contribution in [3.8, 4) is 11.8 Å². The van der Waals surface area contributed by atoms with Gasteiger partial charge in [0, 0.05) is 5.56 Å². The van der Waals surface area contributed by atoms with Gasteiger partial charge in [0.2, 0.25) is 0 Å². The molecule has 0 heterocycles. The van der Waals surface area contributed by atoms with Crippen LogP contribution in [0.15, 0.2) is 24.3 Å². The summed E-state index contributed by atoms with van der Waals surface area (Å²) >= 11 is 0. The van der Waals surface area contributed by atoms with E-state index in [0.29, 0.717) is 6.54 Å². The Morgan fingerprint density at radius 2 is 2.20 bits per heavy atom. The molecule has 0 spiro atoms. The summed E-state index contributed by atoms with van der Waals surface area (Å²) in [5.74, 6) is 5.96. The fourth-order valence-electron chi connectivity index (χ4n) is 1.36. The Bertz CT molecular complexity index is 405. The number of nitrogens with two attached hydrogens (primary N) is 1. The maximum atomic E-state index is 5.36. The highest BCUT2D eigenvalue weighted by molar-refractivity contribution is 5.58. The second kappa shape index (κ2) is 6.06. The minimum atomic E-state index is 0.411. The Kier molecular flexibility index (Phi) is 4.66. The van der Waals surface area contributed by atoms with Crippen molar-refractivity contribution in [3.05, 3.63) is 41.0 Å². The highest BCUT2D eigenvalue weighted by Crippen LogP contribution is 2.14. The molecule has 2 N–H and O–H groups in total. The van der Waals surface area contributed by atoms with Crippen LogP contribution in [0.4, 0.5) is 0 Å². The summed E-state index contributed by atoms with van der Waals surface area (Å²) in [6.07, 6.45) is 5.35. The van der Waals surface area contributed by atoms with Crippen molar-refractivity contribution < 1.29 is 0 Å². The fraction of sp³-hybridized carbons (Fsp3) is 0.286. The van der Waals surface area contributed by atoms with Crippen molar-refractivity contribution in [2.24, 2.45) is 5.73 Å². The topological polar surface area (TPSA) is 26.0 Å². The van der Waals surface area contributed by atoms with Crippen LogP contribution in [0.5, 0.6) is 0 Å². The van der Waals surface area contributed by atoms with E-state index < -0.39 is 0 Å². The van der Waals surface area contributed by atoms with Gasteiger partial charge >= 0.3 is 0 Å². The molecule has 15 heavy (non-hydrogen) atoms. The normalized spacial score (nSPS) is 10.1. The minimum Gasteiger partial charge on any atom is -0.320 e. The van der Waals surface area contributed by atoms with E-state index in [1.165, 1.54) is 11.1 Å². The SMILES string of the molecule is CC/C=C\c1cccc(C#CCN)c1C. The average molecular weight is 199 g/mol. The molecule has 0 saturated carbocycles. The highest BCUT2D eigenvalue weighted by Gasteiger charge is 1.97. The summed E-state index contributed by atoms with van der Waals surface area (Å²) in [6.45, 7) is 4.63. The molecule has 0 unspecified atom stereocenters. The van der Waals surface area contributed by atoms with E-state index in [0.717, 1.165) is 12.0 Å². The van der Waals surface area contributed by atoms with Gasteiger partial charge in [-0.15, -0.1) is 0 Å². The lowest BCUT2D eigenvalue weighted by molar-refractivity contribution is 1.23. The lowest BCUT2D eigenvalue weighted by Crippen LogP contribution is -1.94. The van der Waals surface area contributed by atoms with Crippen molar-refractivity contribution in [1.82, 2.24) is 0 Å². The smallest absolute Gasteiger partial charge is 0.0555 e. The third kappa shape index (κ3) is 3.27. The average Bonchev–Trinajstić information content (AvgIpc) is 2.26. The summed E-state index contributed by atoms with van der Waals surface area (Å²) in [4.78, 5) is 0. The van der Waals surface area contributed by atoms with Crippen LogP contribution in [0.25, 0.3) is 6.08 Å². The molecular formula is C14H17N. The van der Waals surface area contributed by atoms with E-state index in [1.807, 2.05) is 12.1 Å². The van der Waals surface area contributed by atoms with E-state index >= 15 is 0 Å². The van der Waals surface area contributed by atoms with E-state index in [-0.39, 0.29) is 0 Å². The Labute approximate surface area is 92.0 Å². The van der Waals surface area contributed by atoms with Gasteiger partial charge in [0.15, 0.2) is 0 Å². The van der Waals surface area contributed by atoms with E-state index in [1.54, 1.807) is 0 Å². The van der Waals surface area contributed by atoms with Crippen LogP contribution < -0.4 is 5.73 Å². The van der Waals surface area contributed by atoms with Crippen LogP contribution in [0, 0.1) is 18.8 Å². The molecule has 1 rings (SSSR count). The fourth-order valence-corrected chi connectivity index (χ4v) is 1.36. The molecule has 0 fully saturated rings. The van der Waals surface area contributed by atoms with Gasteiger partial charge < -0.3 is 5.73 Å². The monoisotopic (exact) mass is 199 g/mol. The number of benzene rings is 1. The first-order valence-electron chi connectivity index (χ1n) is 5.24. The molecule has 0 aliphatic heterocycles. The number of allylic oxidation sites excluding steroid dienone is 1. The van der Waals surface area contributed by atoms with Crippen molar-refractivity contribution in [3.63, 3.8) is 0 Å². The van der Waals surface area contributed by atoms with E-state index in [2.05, 4.69) is 43.9 Å². The Morgan fingerprint density at radius 1 is 1.40 bits per heavy atom. The van der Waals surface area contributed by atoms with E-state index in [9.17, 15) is 0 Å². The van der Waals surface area contributed by atoms with Crippen LogP contribution in [0.3, 0.4) is 0 Å². The summed E-state index contributed by atoms with van der Waals surface area (Å²) in [6, 6.07) is 6.17. The predicted octanol–water partition coefficient (Wildman–Crippen LogP) is 2.73. The molecule has 1 aromatic rings. The molecular weight excluding hydrogens is 182 g/mol. The summed E-state index contributed by atoms with van der Waals surface area (Å²) in [5.41, 5.74) is 8.89. The predicted molar refractivity (Wildman–Crippen MR) is 66.4 cm³/mol. The molecule has 0 atom stereocenters. The first-order valence-corrected chi connectivity index (χ1v) is 5.24. The molecule has 1 nitrogen and oxygen atoms in total. The van der Waals surface area contributed by atoms with Crippen molar-refractivity contribution in [2.45, 2.75) is 20.3 Å².